The zero-order valence-corrected chi connectivity index (χ0v) is 11.6. The maximum Gasteiger partial charge on any atom is 0.310 e. The first-order valence-corrected chi connectivity index (χ1v) is 6.72. The lowest BCUT2D eigenvalue weighted by Gasteiger charge is -2.19. The van der Waals surface area contributed by atoms with Crippen molar-refractivity contribution in [2.45, 2.75) is 13.8 Å². The summed E-state index contributed by atoms with van der Waals surface area (Å²) in [6.07, 6.45) is 0. The van der Waals surface area contributed by atoms with Gasteiger partial charge in [-0.05, 0) is 31.4 Å². The highest BCUT2D eigenvalue weighted by Crippen LogP contribution is 2.25. The summed E-state index contributed by atoms with van der Waals surface area (Å²) in [6, 6.07) is 9.57. The van der Waals surface area contributed by atoms with Crippen LogP contribution in [-0.4, -0.2) is 23.5 Å². The van der Waals surface area contributed by atoms with Crippen LogP contribution in [0.4, 0.5) is 0 Å². The van der Waals surface area contributed by atoms with E-state index in [2.05, 4.69) is 5.32 Å². The number of carbonyl (C=O) groups is 2. The molecule has 2 rings (SSSR count). The van der Waals surface area contributed by atoms with Crippen LogP contribution in [0.1, 0.15) is 23.5 Å². The van der Waals surface area contributed by atoms with Crippen molar-refractivity contribution in [3.63, 3.8) is 0 Å². The molecule has 2 N–H and O–H groups in total. The highest BCUT2D eigenvalue weighted by Gasteiger charge is 2.27. The van der Waals surface area contributed by atoms with Gasteiger partial charge in [-0.3, -0.25) is 9.59 Å². The van der Waals surface area contributed by atoms with Crippen LogP contribution in [0.15, 0.2) is 30.3 Å². The van der Waals surface area contributed by atoms with Crippen LogP contribution in [0.2, 0.25) is 0 Å². The van der Waals surface area contributed by atoms with E-state index in [0.717, 1.165) is 10.1 Å². The van der Waals surface area contributed by atoms with Crippen molar-refractivity contribution in [3.05, 3.63) is 35.2 Å². The van der Waals surface area contributed by atoms with Gasteiger partial charge in [-0.25, -0.2) is 0 Å². The highest BCUT2D eigenvalue weighted by atomic mass is 32.1. The molecule has 5 heteroatoms. The van der Waals surface area contributed by atoms with Gasteiger partial charge in [-0.1, -0.05) is 18.2 Å². The molecular weight excluding hydrogens is 262 g/mol. The van der Waals surface area contributed by atoms with Crippen molar-refractivity contribution in [2.24, 2.45) is 5.41 Å². The number of fused-ring (bicyclic) bond motifs is 1. The third kappa shape index (κ3) is 2.93. The maximum absolute atomic E-state index is 12.0. The van der Waals surface area contributed by atoms with E-state index in [1.165, 1.54) is 11.3 Å². The van der Waals surface area contributed by atoms with Crippen molar-refractivity contribution in [2.75, 3.05) is 6.54 Å². The van der Waals surface area contributed by atoms with Gasteiger partial charge >= 0.3 is 5.97 Å². The van der Waals surface area contributed by atoms with Gasteiger partial charge in [0.25, 0.3) is 5.91 Å². The summed E-state index contributed by atoms with van der Waals surface area (Å²) in [6.45, 7) is 3.27. The van der Waals surface area contributed by atoms with Crippen molar-refractivity contribution in [1.29, 1.82) is 0 Å². The minimum atomic E-state index is -0.966. The lowest BCUT2D eigenvalue weighted by atomic mass is 9.94. The first-order chi connectivity index (χ1) is 8.90. The molecular formula is C14H15NO3S. The molecule has 0 aliphatic rings. The standard InChI is InChI=1S/C14H15NO3S/c1-14(2,13(17)18)8-15-12(16)11-7-9-5-3-4-6-10(9)19-11/h3-7H,8H2,1-2H3,(H,15,16)(H,17,18). The van der Waals surface area contributed by atoms with Crippen LogP contribution < -0.4 is 5.32 Å². The molecule has 1 amide bonds. The van der Waals surface area contributed by atoms with Crippen molar-refractivity contribution in [3.8, 4) is 0 Å². The molecule has 100 valence electrons. The lowest BCUT2D eigenvalue weighted by molar-refractivity contribution is -0.146. The molecule has 0 atom stereocenters. The summed E-state index contributed by atoms with van der Waals surface area (Å²) in [5.41, 5.74) is -0.966. The van der Waals surface area contributed by atoms with E-state index in [1.807, 2.05) is 30.3 Å². The molecule has 0 radical (unpaired) electrons. The summed E-state index contributed by atoms with van der Waals surface area (Å²) < 4.78 is 1.05. The number of carbonyl (C=O) groups excluding carboxylic acids is 1. The normalized spacial score (nSPS) is 11.5. The smallest absolute Gasteiger partial charge is 0.310 e. The number of benzene rings is 1. The fraction of sp³-hybridized carbons (Fsp3) is 0.286. The molecule has 0 saturated carbocycles. The monoisotopic (exact) mass is 277 g/mol. The molecule has 0 fully saturated rings. The summed E-state index contributed by atoms with van der Waals surface area (Å²) in [5.74, 6) is -1.15. The van der Waals surface area contributed by atoms with Gasteiger partial charge in [0.05, 0.1) is 10.3 Å². The summed E-state index contributed by atoms with van der Waals surface area (Å²) in [7, 11) is 0. The van der Waals surface area contributed by atoms with Crippen LogP contribution in [0.5, 0.6) is 0 Å². The van der Waals surface area contributed by atoms with Gasteiger partial charge in [0.15, 0.2) is 0 Å². The number of nitrogens with one attached hydrogen (secondary N) is 1. The van der Waals surface area contributed by atoms with E-state index < -0.39 is 11.4 Å². The SMILES string of the molecule is CC(C)(CNC(=O)c1cc2ccccc2s1)C(=O)O. The average Bonchev–Trinajstić information content (AvgIpc) is 2.79. The molecule has 1 aromatic carbocycles. The Bertz CT molecular complexity index is 597. The third-order valence-corrected chi connectivity index (χ3v) is 4.03. The Morgan fingerprint density at radius 1 is 1.32 bits per heavy atom. The van der Waals surface area contributed by atoms with Gasteiger partial charge < -0.3 is 10.4 Å². The summed E-state index contributed by atoms with van der Waals surface area (Å²) in [5, 5.41) is 12.7. The molecule has 0 bridgehead atoms. The summed E-state index contributed by atoms with van der Waals surface area (Å²) >= 11 is 1.40. The molecule has 4 nitrogen and oxygen atoms in total. The van der Waals surface area contributed by atoms with Crippen LogP contribution in [-0.2, 0) is 4.79 Å². The Labute approximate surface area is 115 Å². The Morgan fingerprint density at radius 2 is 2.00 bits per heavy atom. The number of hydrogen-bond donors (Lipinski definition) is 2. The molecule has 0 spiro atoms. The number of carboxylic acids is 1. The number of hydrogen-bond acceptors (Lipinski definition) is 3. The topological polar surface area (TPSA) is 66.4 Å². The largest absolute Gasteiger partial charge is 0.481 e. The highest BCUT2D eigenvalue weighted by molar-refractivity contribution is 7.20. The minimum Gasteiger partial charge on any atom is -0.481 e. The zero-order chi connectivity index (χ0) is 14.0. The number of thiophene rings is 1. The van der Waals surface area contributed by atoms with Crippen LogP contribution in [0, 0.1) is 5.41 Å². The second-order valence-corrected chi connectivity index (χ2v) is 6.10. The number of carboxylic acid groups (broad SMARTS) is 1. The second kappa shape index (κ2) is 5.01. The Kier molecular flexibility index (Phi) is 3.57. The molecule has 0 unspecified atom stereocenters. The average molecular weight is 277 g/mol. The molecule has 0 saturated heterocycles. The van der Waals surface area contributed by atoms with E-state index >= 15 is 0 Å². The van der Waals surface area contributed by atoms with E-state index in [4.69, 9.17) is 5.11 Å². The molecule has 1 aromatic heterocycles. The van der Waals surface area contributed by atoms with Crippen LogP contribution >= 0.6 is 11.3 Å². The van der Waals surface area contributed by atoms with Gasteiger partial charge in [0.1, 0.15) is 0 Å². The molecule has 0 aliphatic heterocycles. The first kappa shape index (κ1) is 13.5. The fourth-order valence-corrected chi connectivity index (χ4v) is 2.54. The van der Waals surface area contributed by atoms with Crippen molar-refractivity contribution >= 4 is 33.3 Å². The van der Waals surface area contributed by atoms with Crippen LogP contribution in [0.3, 0.4) is 0 Å². The van der Waals surface area contributed by atoms with E-state index in [1.54, 1.807) is 13.8 Å². The predicted molar refractivity (Wildman–Crippen MR) is 75.6 cm³/mol. The maximum atomic E-state index is 12.0. The van der Waals surface area contributed by atoms with Gasteiger partial charge in [0.2, 0.25) is 0 Å². The van der Waals surface area contributed by atoms with Crippen molar-refractivity contribution < 1.29 is 14.7 Å². The first-order valence-electron chi connectivity index (χ1n) is 5.90. The molecule has 0 aliphatic carbocycles. The Balaban J connectivity index is 2.10. The second-order valence-electron chi connectivity index (χ2n) is 5.02. The lowest BCUT2D eigenvalue weighted by Crippen LogP contribution is -2.38. The number of aliphatic carboxylic acids is 1. The number of amides is 1. The van der Waals surface area contributed by atoms with Crippen LogP contribution in [0.25, 0.3) is 10.1 Å². The van der Waals surface area contributed by atoms with Gasteiger partial charge in [0, 0.05) is 11.2 Å². The van der Waals surface area contributed by atoms with E-state index in [9.17, 15) is 9.59 Å². The Morgan fingerprint density at radius 3 is 2.63 bits per heavy atom. The molecule has 2 aromatic rings. The molecule has 1 heterocycles. The summed E-state index contributed by atoms with van der Waals surface area (Å²) in [4.78, 5) is 23.6. The fourth-order valence-electron chi connectivity index (χ4n) is 1.56. The van der Waals surface area contributed by atoms with Gasteiger partial charge in [-0.2, -0.15) is 0 Å². The number of rotatable bonds is 4. The quantitative estimate of drug-likeness (QED) is 0.903. The van der Waals surface area contributed by atoms with Crippen molar-refractivity contribution in [1.82, 2.24) is 5.32 Å². The van der Waals surface area contributed by atoms with Gasteiger partial charge in [-0.15, -0.1) is 11.3 Å². The van der Waals surface area contributed by atoms with E-state index in [0.29, 0.717) is 4.88 Å². The zero-order valence-electron chi connectivity index (χ0n) is 10.8. The third-order valence-electron chi connectivity index (χ3n) is 2.92. The predicted octanol–water partition coefficient (Wildman–Crippen LogP) is 2.74. The molecule has 19 heavy (non-hydrogen) atoms. The Hall–Kier alpha value is -1.88. The van der Waals surface area contributed by atoms with E-state index in [-0.39, 0.29) is 12.5 Å². The minimum absolute atomic E-state index is 0.107.